The molecule has 0 aromatic carbocycles. The molecule has 1 saturated heterocycles. The lowest BCUT2D eigenvalue weighted by atomic mass is 10.4. The molecule has 102 valence electrons. The Morgan fingerprint density at radius 1 is 1.42 bits per heavy atom. The molecule has 0 spiro atoms. The number of hydrogen-bond acceptors (Lipinski definition) is 5. The van der Waals surface area contributed by atoms with Crippen LogP contribution < -0.4 is 10.2 Å². The molecule has 2 fully saturated rings. The monoisotopic (exact) mass is 262 g/mol. The maximum Gasteiger partial charge on any atom is 0.308 e. The zero-order valence-corrected chi connectivity index (χ0v) is 11.0. The van der Waals surface area contributed by atoms with Crippen molar-refractivity contribution in [2.24, 2.45) is 5.92 Å². The molecule has 2 N–H and O–H groups in total. The number of carbonyl (C=O) groups is 1. The summed E-state index contributed by atoms with van der Waals surface area (Å²) in [4.78, 5) is 21.9. The molecule has 19 heavy (non-hydrogen) atoms. The van der Waals surface area contributed by atoms with Gasteiger partial charge in [0, 0.05) is 25.2 Å². The number of hydrogen-bond donors (Lipinski definition) is 2. The minimum absolute atomic E-state index is 0.0122. The third kappa shape index (κ3) is 2.62. The smallest absolute Gasteiger partial charge is 0.308 e. The van der Waals surface area contributed by atoms with E-state index in [1.165, 1.54) is 12.8 Å². The number of nitrogens with zero attached hydrogens (tertiary/aromatic N) is 3. The van der Waals surface area contributed by atoms with Gasteiger partial charge in [0.2, 0.25) is 0 Å². The maximum atomic E-state index is 10.8. The van der Waals surface area contributed by atoms with Gasteiger partial charge in [-0.3, -0.25) is 4.79 Å². The fraction of sp³-hybridized carbons (Fsp3) is 0.615. The Balaban J connectivity index is 1.73. The molecule has 0 amide bonds. The molecule has 2 atom stereocenters. The van der Waals surface area contributed by atoms with Crippen molar-refractivity contribution >= 4 is 17.6 Å². The summed E-state index contributed by atoms with van der Waals surface area (Å²) in [7, 11) is 0. The van der Waals surface area contributed by atoms with E-state index in [1.807, 2.05) is 13.0 Å². The molecule has 0 bridgehead atoms. The first kappa shape index (κ1) is 12.2. The third-order valence-electron chi connectivity index (χ3n) is 3.70. The molecule has 1 aromatic rings. The Kier molecular flexibility index (Phi) is 3.00. The van der Waals surface area contributed by atoms with Crippen LogP contribution in [0.4, 0.5) is 11.6 Å². The summed E-state index contributed by atoms with van der Waals surface area (Å²) < 4.78 is 0. The van der Waals surface area contributed by atoms with E-state index in [1.54, 1.807) is 0 Å². The summed E-state index contributed by atoms with van der Waals surface area (Å²) in [5, 5.41) is 12.1. The second kappa shape index (κ2) is 4.68. The molecule has 2 heterocycles. The number of aryl methyl sites for hydroxylation is 1. The van der Waals surface area contributed by atoms with Crippen molar-refractivity contribution in [1.82, 2.24) is 9.97 Å². The van der Waals surface area contributed by atoms with E-state index in [9.17, 15) is 4.79 Å². The highest BCUT2D eigenvalue weighted by Gasteiger charge is 2.43. The first-order chi connectivity index (χ1) is 9.13. The SMILES string of the molecule is Cc1nc(NC2CC2C(=O)O)cc(N2CCCC2)n1. The lowest BCUT2D eigenvalue weighted by Gasteiger charge is -2.17. The van der Waals surface area contributed by atoms with Crippen molar-refractivity contribution in [3.05, 3.63) is 11.9 Å². The molecule has 1 aliphatic heterocycles. The van der Waals surface area contributed by atoms with E-state index >= 15 is 0 Å². The highest BCUT2D eigenvalue weighted by molar-refractivity contribution is 5.75. The van der Waals surface area contributed by atoms with Crippen LogP contribution in [0.2, 0.25) is 0 Å². The van der Waals surface area contributed by atoms with Crippen LogP contribution in [0, 0.1) is 12.8 Å². The van der Waals surface area contributed by atoms with Gasteiger partial charge in [-0.1, -0.05) is 0 Å². The number of rotatable bonds is 4. The topological polar surface area (TPSA) is 78.3 Å². The zero-order valence-electron chi connectivity index (χ0n) is 11.0. The average molecular weight is 262 g/mol. The molecule has 0 radical (unpaired) electrons. The Morgan fingerprint density at radius 3 is 2.79 bits per heavy atom. The van der Waals surface area contributed by atoms with E-state index in [0.29, 0.717) is 6.42 Å². The molecule has 1 saturated carbocycles. The van der Waals surface area contributed by atoms with E-state index < -0.39 is 5.97 Å². The first-order valence-electron chi connectivity index (χ1n) is 6.73. The molecule has 2 aliphatic rings. The Bertz CT molecular complexity index is 499. The molecule has 1 aliphatic carbocycles. The molecule has 1 aromatic heterocycles. The Morgan fingerprint density at radius 2 is 2.16 bits per heavy atom. The highest BCUT2D eigenvalue weighted by Crippen LogP contribution is 2.33. The van der Waals surface area contributed by atoms with Gasteiger partial charge in [0.25, 0.3) is 0 Å². The van der Waals surface area contributed by atoms with Gasteiger partial charge in [-0.05, 0) is 26.2 Å². The minimum atomic E-state index is -0.733. The number of carboxylic acids is 1. The van der Waals surface area contributed by atoms with Gasteiger partial charge in [0.15, 0.2) is 0 Å². The van der Waals surface area contributed by atoms with Crippen molar-refractivity contribution in [3.8, 4) is 0 Å². The predicted molar refractivity (Wildman–Crippen MR) is 71.4 cm³/mol. The highest BCUT2D eigenvalue weighted by atomic mass is 16.4. The normalized spacial score (nSPS) is 25.4. The summed E-state index contributed by atoms with van der Waals surface area (Å²) in [5.74, 6) is 1.40. The van der Waals surface area contributed by atoms with E-state index in [4.69, 9.17) is 5.11 Å². The van der Waals surface area contributed by atoms with Gasteiger partial charge >= 0.3 is 5.97 Å². The lowest BCUT2D eigenvalue weighted by Crippen LogP contribution is -2.20. The summed E-state index contributed by atoms with van der Waals surface area (Å²) in [6, 6.07) is 1.94. The fourth-order valence-electron chi connectivity index (χ4n) is 2.55. The van der Waals surface area contributed by atoms with Crippen molar-refractivity contribution in [1.29, 1.82) is 0 Å². The molecular formula is C13H18N4O2. The standard InChI is InChI=1S/C13H18N4O2/c1-8-14-11(16-10-6-9(10)13(18)19)7-12(15-8)17-4-2-3-5-17/h7,9-10H,2-6H2,1H3,(H,18,19)(H,14,15,16). The third-order valence-corrected chi connectivity index (χ3v) is 3.70. The second-order valence-electron chi connectivity index (χ2n) is 5.28. The van der Waals surface area contributed by atoms with Crippen LogP contribution in [0.1, 0.15) is 25.1 Å². The zero-order chi connectivity index (χ0) is 13.4. The minimum Gasteiger partial charge on any atom is -0.481 e. The second-order valence-corrected chi connectivity index (χ2v) is 5.28. The number of aromatic nitrogens is 2. The summed E-state index contributed by atoms with van der Waals surface area (Å²) in [5.41, 5.74) is 0. The van der Waals surface area contributed by atoms with Crippen LogP contribution in [0.3, 0.4) is 0 Å². The van der Waals surface area contributed by atoms with Crippen molar-refractivity contribution < 1.29 is 9.90 Å². The number of aliphatic carboxylic acids is 1. The Hall–Kier alpha value is -1.85. The van der Waals surface area contributed by atoms with Gasteiger partial charge in [0.1, 0.15) is 17.5 Å². The van der Waals surface area contributed by atoms with E-state index in [0.717, 1.165) is 30.5 Å². The number of anilines is 2. The quantitative estimate of drug-likeness (QED) is 0.850. The molecule has 3 rings (SSSR count). The fourth-order valence-corrected chi connectivity index (χ4v) is 2.55. The molecule has 2 unspecified atom stereocenters. The van der Waals surface area contributed by atoms with Crippen LogP contribution in [-0.2, 0) is 4.79 Å². The van der Waals surface area contributed by atoms with Gasteiger partial charge in [-0.2, -0.15) is 0 Å². The van der Waals surface area contributed by atoms with Crippen LogP contribution in [0.25, 0.3) is 0 Å². The molecule has 6 nitrogen and oxygen atoms in total. The lowest BCUT2D eigenvalue weighted by molar-refractivity contribution is -0.138. The molecular weight excluding hydrogens is 244 g/mol. The summed E-state index contributed by atoms with van der Waals surface area (Å²) >= 11 is 0. The number of nitrogens with one attached hydrogen (secondary N) is 1. The van der Waals surface area contributed by atoms with Crippen LogP contribution in [0.15, 0.2) is 6.07 Å². The van der Waals surface area contributed by atoms with Gasteiger partial charge < -0.3 is 15.3 Å². The van der Waals surface area contributed by atoms with Crippen molar-refractivity contribution in [3.63, 3.8) is 0 Å². The molecule has 6 heteroatoms. The predicted octanol–water partition coefficient (Wildman–Crippen LogP) is 1.27. The van der Waals surface area contributed by atoms with Crippen LogP contribution >= 0.6 is 0 Å². The maximum absolute atomic E-state index is 10.8. The Labute approximate surface area is 111 Å². The summed E-state index contributed by atoms with van der Waals surface area (Å²) in [6.45, 7) is 3.94. The van der Waals surface area contributed by atoms with Crippen molar-refractivity contribution in [2.45, 2.75) is 32.2 Å². The van der Waals surface area contributed by atoms with E-state index in [2.05, 4.69) is 20.2 Å². The van der Waals surface area contributed by atoms with Gasteiger partial charge in [-0.25, -0.2) is 9.97 Å². The van der Waals surface area contributed by atoms with Gasteiger partial charge in [-0.15, -0.1) is 0 Å². The first-order valence-corrected chi connectivity index (χ1v) is 6.73. The summed E-state index contributed by atoms with van der Waals surface area (Å²) in [6.07, 6.45) is 3.09. The van der Waals surface area contributed by atoms with Crippen LogP contribution in [-0.4, -0.2) is 40.2 Å². The van der Waals surface area contributed by atoms with Gasteiger partial charge in [0.05, 0.1) is 5.92 Å². The van der Waals surface area contributed by atoms with E-state index in [-0.39, 0.29) is 12.0 Å². The van der Waals surface area contributed by atoms with Crippen molar-refractivity contribution in [2.75, 3.05) is 23.3 Å². The largest absolute Gasteiger partial charge is 0.481 e. The average Bonchev–Trinajstić information content (AvgIpc) is 2.90. The number of carboxylic acid groups (broad SMARTS) is 1. The van der Waals surface area contributed by atoms with Crippen LogP contribution in [0.5, 0.6) is 0 Å².